The van der Waals surface area contributed by atoms with Gasteiger partial charge in [-0.15, -0.1) is 0 Å². The third-order valence-corrected chi connectivity index (χ3v) is 23.3. The fourth-order valence-corrected chi connectivity index (χ4v) is 16.6. The molecule has 32 N–H and O–H groups in total. The number of nitrogens with one attached hydrogen (secondary N) is 6. The number of hydrogen-bond donors (Lipinski definition) is 32. The van der Waals surface area contributed by atoms with E-state index in [1.165, 1.54) is 0 Å². The first-order valence-corrected chi connectivity index (χ1v) is 41.1. The first kappa shape index (κ1) is 106. The molecule has 57 heteroatoms. The number of hydrogen-bond acceptors (Lipinski definition) is 51. The van der Waals surface area contributed by atoms with E-state index in [9.17, 15) is 162 Å². The lowest BCUT2D eigenvalue weighted by atomic mass is 9.93. The van der Waals surface area contributed by atoms with E-state index in [2.05, 4.69) is 31.9 Å². The summed E-state index contributed by atoms with van der Waals surface area (Å²) in [6.07, 6.45) is -94.5. The highest BCUT2D eigenvalue weighted by atomic mass is 16.8. The Hall–Kier alpha value is -4.98. The van der Waals surface area contributed by atoms with Crippen LogP contribution in [0.2, 0.25) is 0 Å². The topological polar surface area (TPSA) is 876 Å². The van der Waals surface area contributed by atoms with Gasteiger partial charge in [0.1, 0.15) is 244 Å². The van der Waals surface area contributed by atoms with Crippen molar-refractivity contribution < 1.29 is 252 Å². The van der Waals surface area contributed by atoms with Crippen molar-refractivity contribution in [2.45, 2.75) is 348 Å². The SMILES string of the molecule is CC(=O)N[C@@H]1[C@H](O[C@@H]2[C@@H](O[C@@H]3[C@H](O)[C@H](O[C@H]4[C@H](O)[C@@H](NC(C)=O)[C@H](O[C@H]5[C@H](O)[C@@H](NC(C)=O)[C@H](O)O[C@@H]5CO)O[C@@H]4CO)O[C@H](CO[C@H]4O[C@H](CO[C@@H]5O[C@H](CO)[C@@H](O)[C@H](O)[C@H]5NC(C)=O)[C@@H](O)[C@H](O)[C@@H]4O[C@@H]4O[C@H](CO)[C@@H](O[C@@H]5O[C@H](CO)[C@H](O)[C@H](O)[C@H]5O)[C@H](O)[C@H]4NC(C)=O)[C@H]3O)O[C@H](CO)[C@@H](O[C@@H]3O[C@H](CO)[C@@H](O)[C@H](O)[C@H]3NC(C)=O)[C@@H]2O)O[C@H](CO)[C@@H](O)[C@@H]1O. The van der Waals surface area contributed by atoms with Crippen molar-refractivity contribution in [1.29, 1.82) is 0 Å². The molecule has 0 aromatic rings. The molecule has 10 rings (SSSR count). The van der Waals surface area contributed by atoms with E-state index in [4.69, 9.17) is 90.0 Å². The Labute approximate surface area is 731 Å². The average Bonchev–Trinajstić information content (AvgIpc) is 0.759. The lowest BCUT2D eigenvalue weighted by Crippen LogP contribution is -2.71. The molecule has 57 nitrogen and oxygen atoms in total. The summed E-state index contributed by atoms with van der Waals surface area (Å²) in [4.78, 5) is 76.7. The predicted molar refractivity (Wildman–Crippen MR) is 399 cm³/mol. The van der Waals surface area contributed by atoms with Crippen molar-refractivity contribution in [1.82, 2.24) is 31.9 Å². The average molecular weight is 1890 g/mol. The molecular formula is C72H120N6O51. The molecular weight excluding hydrogens is 1760 g/mol. The Morgan fingerprint density at radius 2 is 0.442 bits per heavy atom. The van der Waals surface area contributed by atoms with Gasteiger partial charge in [-0.3, -0.25) is 28.8 Å². The molecule has 0 unspecified atom stereocenters. The lowest BCUT2D eigenvalue weighted by molar-refractivity contribution is -0.403. The van der Waals surface area contributed by atoms with Crippen molar-refractivity contribution in [3.05, 3.63) is 0 Å². The van der Waals surface area contributed by atoms with Crippen LogP contribution in [0.5, 0.6) is 0 Å². The second kappa shape index (κ2) is 46.7. The van der Waals surface area contributed by atoms with Crippen LogP contribution in [-0.4, -0.2) is 541 Å². The number of carbonyl (C=O) groups excluding carboxylic acids is 6. The number of ether oxygens (including phenoxy) is 19. The Bertz CT molecular complexity index is 3570. The number of carbonyl (C=O) groups is 6. The van der Waals surface area contributed by atoms with Gasteiger partial charge in [0, 0.05) is 41.5 Å². The summed E-state index contributed by atoms with van der Waals surface area (Å²) in [5, 5.41) is 308. The number of aliphatic hydroxyl groups excluding tert-OH is 26. The summed E-state index contributed by atoms with van der Waals surface area (Å²) >= 11 is 0. The summed E-state index contributed by atoms with van der Waals surface area (Å²) in [6, 6.07) is -11.2. The van der Waals surface area contributed by atoms with Crippen LogP contribution in [0, 0.1) is 0 Å². The first-order chi connectivity index (χ1) is 61.0. The van der Waals surface area contributed by atoms with Crippen LogP contribution in [0.3, 0.4) is 0 Å². The summed E-state index contributed by atoms with van der Waals surface area (Å²) in [5.41, 5.74) is 0. The van der Waals surface area contributed by atoms with Crippen LogP contribution in [0.4, 0.5) is 0 Å². The quantitative estimate of drug-likeness (QED) is 0.0284. The van der Waals surface area contributed by atoms with E-state index in [0.717, 1.165) is 41.5 Å². The Morgan fingerprint density at radius 3 is 0.829 bits per heavy atom. The highest BCUT2D eigenvalue weighted by Crippen LogP contribution is 2.41. The molecule has 10 fully saturated rings. The van der Waals surface area contributed by atoms with Crippen LogP contribution >= 0.6 is 0 Å². The zero-order valence-electron chi connectivity index (χ0n) is 69.8. The number of rotatable bonds is 34. The monoisotopic (exact) mass is 1880 g/mol. The van der Waals surface area contributed by atoms with Crippen LogP contribution in [0.15, 0.2) is 0 Å². The van der Waals surface area contributed by atoms with Crippen molar-refractivity contribution >= 4 is 35.4 Å². The Balaban J connectivity index is 1.06. The minimum Gasteiger partial charge on any atom is -0.394 e. The predicted octanol–water partition coefficient (Wildman–Crippen LogP) is -21.9. The van der Waals surface area contributed by atoms with Crippen LogP contribution < -0.4 is 31.9 Å². The Morgan fingerprint density at radius 1 is 0.202 bits per heavy atom. The van der Waals surface area contributed by atoms with E-state index in [0.29, 0.717) is 0 Å². The zero-order valence-corrected chi connectivity index (χ0v) is 69.8. The van der Waals surface area contributed by atoms with Crippen molar-refractivity contribution in [2.24, 2.45) is 0 Å². The molecule has 50 atom stereocenters. The molecule has 0 bridgehead atoms. The van der Waals surface area contributed by atoms with Crippen molar-refractivity contribution in [2.75, 3.05) is 66.1 Å². The van der Waals surface area contributed by atoms with Gasteiger partial charge in [-0.25, -0.2) is 0 Å². The third-order valence-electron chi connectivity index (χ3n) is 23.3. The third kappa shape index (κ3) is 24.2. The maximum absolute atomic E-state index is 13.2. The molecule has 129 heavy (non-hydrogen) atoms. The first-order valence-electron chi connectivity index (χ1n) is 41.1. The van der Waals surface area contributed by atoms with Gasteiger partial charge in [-0.2, -0.15) is 0 Å². The molecule has 744 valence electrons. The van der Waals surface area contributed by atoms with Crippen LogP contribution in [0.25, 0.3) is 0 Å². The fraction of sp³-hybridized carbons (Fsp3) is 0.917. The normalized spacial score (nSPS) is 47.5. The minimum absolute atomic E-state index is 0.819. The molecule has 10 heterocycles. The summed E-state index contributed by atoms with van der Waals surface area (Å²) in [6.45, 7) is -5.67. The van der Waals surface area contributed by atoms with Gasteiger partial charge < -0.3 is 255 Å². The zero-order chi connectivity index (χ0) is 95.1. The van der Waals surface area contributed by atoms with E-state index in [-0.39, 0.29) is 0 Å². The standard InChI is InChI=1S/C72H120N6O51/c1-17(87)73-33-48(102)56(27(11-83)113-63(33)110)123-67-37(77-21(5)91)49(103)58(29(13-85)118-67)126-70-55(109)60(127-72-62(129-66-36(76-20(4)90)47(101)41(95)25(9-81)116-66)54(108)59(30(14-86)120-72)124-65-35(75-19(3)89)46(100)40(94)24(8-80)115-65)44(98)32(121-70)16-112-71-61(52(106)43(97)31(122-71)15-111-64-34(74-18(2)88)45(99)39(93)23(7-79)114-64)128-68-38(78-22(6)92)50(104)57(28(12-84)119-68)125-69-53(107)51(105)42(96)26(10-82)117-69/h23-72,79-86,93-110H,7-16H2,1-6H3,(H,73,87)(H,74,88)(H,75,89)(H,76,90)(H,77,91)(H,78,92)/t23-,24-,25-,26-,27-,28-,29-,30-,31-,32-,33-,34-,35-,36+,37-,38-,39-,40-,41-,42+,43-,44-,45-,46-,47-,48-,49-,50-,51+,52+,53-,54+,55+,56-,57-,58-,59-,60+,61+,62+,63-,64-,65+,66+,67+,68+,69+,70+,71+,72-/m1/s1. The largest absolute Gasteiger partial charge is 0.394 e. The highest BCUT2D eigenvalue weighted by molar-refractivity contribution is 5.75. The molecule has 0 radical (unpaired) electrons. The van der Waals surface area contributed by atoms with Gasteiger partial charge in [-0.1, -0.05) is 0 Å². The number of amides is 6. The second-order valence-electron chi connectivity index (χ2n) is 32.5. The minimum atomic E-state index is -2.70. The van der Waals surface area contributed by atoms with Crippen molar-refractivity contribution in [3.8, 4) is 0 Å². The van der Waals surface area contributed by atoms with Gasteiger partial charge >= 0.3 is 0 Å². The van der Waals surface area contributed by atoms with Gasteiger partial charge in [0.2, 0.25) is 35.4 Å². The molecule has 0 aromatic heterocycles. The summed E-state index contributed by atoms with van der Waals surface area (Å²) < 4.78 is 115. The van der Waals surface area contributed by atoms with E-state index in [1.54, 1.807) is 0 Å². The lowest BCUT2D eigenvalue weighted by Gasteiger charge is -2.52. The number of aliphatic hydroxyl groups is 26. The van der Waals surface area contributed by atoms with Crippen molar-refractivity contribution in [3.63, 3.8) is 0 Å². The molecule has 0 aromatic carbocycles. The molecule has 10 aliphatic heterocycles. The van der Waals surface area contributed by atoms with Gasteiger partial charge in [0.15, 0.2) is 62.9 Å². The van der Waals surface area contributed by atoms with Gasteiger partial charge in [-0.05, 0) is 0 Å². The molecule has 0 aliphatic carbocycles. The maximum Gasteiger partial charge on any atom is 0.217 e. The summed E-state index contributed by atoms with van der Waals surface area (Å²) in [5.74, 6) is -5.51. The van der Waals surface area contributed by atoms with Crippen LogP contribution in [-0.2, 0) is 119 Å². The second-order valence-corrected chi connectivity index (χ2v) is 32.5. The van der Waals surface area contributed by atoms with Crippen LogP contribution in [0.1, 0.15) is 41.5 Å². The van der Waals surface area contributed by atoms with E-state index >= 15 is 0 Å². The molecule has 0 saturated carbocycles. The smallest absolute Gasteiger partial charge is 0.217 e. The highest BCUT2D eigenvalue weighted by Gasteiger charge is 2.62. The van der Waals surface area contributed by atoms with Gasteiger partial charge in [0.05, 0.1) is 66.1 Å². The molecule has 10 aliphatic rings. The fourth-order valence-electron chi connectivity index (χ4n) is 16.6. The molecule has 10 saturated heterocycles. The Kier molecular flexibility index (Phi) is 38.4. The van der Waals surface area contributed by atoms with Gasteiger partial charge in [0.25, 0.3) is 0 Å². The van der Waals surface area contributed by atoms with E-state index < -0.39 is 408 Å². The van der Waals surface area contributed by atoms with E-state index in [1.807, 2.05) is 0 Å². The summed E-state index contributed by atoms with van der Waals surface area (Å²) in [7, 11) is 0. The maximum atomic E-state index is 13.2. The molecule has 0 spiro atoms. The molecule has 6 amide bonds.